The van der Waals surface area contributed by atoms with Gasteiger partial charge in [-0.3, -0.25) is 0 Å². The van der Waals surface area contributed by atoms with Crippen molar-refractivity contribution in [2.24, 2.45) is 0 Å². The van der Waals surface area contributed by atoms with E-state index in [4.69, 9.17) is 0 Å². The minimum absolute atomic E-state index is 0.0948. The normalized spacial score (nSPS) is 32.6. The van der Waals surface area contributed by atoms with Crippen LogP contribution >= 0.6 is 0 Å². The maximum absolute atomic E-state index is 12.4. The van der Waals surface area contributed by atoms with E-state index in [-0.39, 0.29) is 17.8 Å². The molecule has 2 unspecified atom stereocenters. The fraction of sp³-hybridized carbons (Fsp3) is 1.00. The lowest BCUT2D eigenvalue weighted by atomic mass is 10.1. The fourth-order valence-corrected chi connectivity index (χ4v) is 4.91. The SMILES string of the molecule is CC1CN(C)CCN1S(=O)(=O)CC1CCCCN1. The van der Waals surface area contributed by atoms with Crippen molar-refractivity contribution < 1.29 is 8.42 Å². The van der Waals surface area contributed by atoms with Crippen LogP contribution in [0.5, 0.6) is 0 Å². The molecule has 0 radical (unpaired) electrons. The summed E-state index contributed by atoms with van der Waals surface area (Å²) >= 11 is 0. The first-order valence-electron chi connectivity index (χ1n) is 6.90. The van der Waals surface area contributed by atoms with E-state index in [0.717, 1.165) is 32.5 Å². The van der Waals surface area contributed by atoms with E-state index >= 15 is 0 Å². The number of hydrogen-bond acceptors (Lipinski definition) is 4. The second kappa shape index (κ2) is 5.86. The highest BCUT2D eigenvalue weighted by molar-refractivity contribution is 7.89. The number of piperidine rings is 1. The van der Waals surface area contributed by atoms with Gasteiger partial charge >= 0.3 is 0 Å². The van der Waals surface area contributed by atoms with Gasteiger partial charge in [-0.15, -0.1) is 0 Å². The molecule has 1 N–H and O–H groups in total. The highest BCUT2D eigenvalue weighted by Gasteiger charge is 2.33. The van der Waals surface area contributed by atoms with E-state index in [1.165, 1.54) is 6.42 Å². The topological polar surface area (TPSA) is 52.7 Å². The van der Waals surface area contributed by atoms with Gasteiger partial charge in [0.25, 0.3) is 0 Å². The van der Waals surface area contributed by atoms with E-state index in [1.807, 2.05) is 14.0 Å². The predicted molar refractivity (Wildman–Crippen MR) is 73.1 cm³/mol. The van der Waals surface area contributed by atoms with Crippen molar-refractivity contribution in [3.05, 3.63) is 0 Å². The zero-order chi connectivity index (χ0) is 13.2. The van der Waals surface area contributed by atoms with E-state index in [1.54, 1.807) is 4.31 Å². The summed E-state index contributed by atoms with van der Waals surface area (Å²) in [4.78, 5) is 2.19. The Labute approximate surface area is 111 Å². The van der Waals surface area contributed by atoms with Crippen LogP contribution < -0.4 is 5.32 Å². The second-order valence-corrected chi connectivity index (χ2v) is 7.61. The summed E-state index contributed by atoms with van der Waals surface area (Å²) in [7, 11) is -1.07. The average Bonchev–Trinajstić information content (AvgIpc) is 2.29. The van der Waals surface area contributed by atoms with Crippen LogP contribution in [0.4, 0.5) is 0 Å². The molecule has 0 spiro atoms. The molecule has 0 aromatic carbocycles. The van der Waals surface area contributed by atoms with Crippen LogP contribution in [0.25, 0.3) is 0 Å². The summed E-state index contributed by atoms with van der Waals surface area (Å²) in [6.45, 7) is 5.26. The molecule has 106 valence electrons. The quantitative estimate of drug-likeness (QED) is 0.793. The number of hydrogen-bond donors (Lipinski definition) is 1. The van der Waals surface area contributed by atoms with Crippen molar-refractivity contribution in [2.45, 2.75) is 38.3 Å². The largest absolute Gasteiger partial charge is 0.313 e. The van der Waals surface area contributed by atoms with Crippen molar-refractivity contribution in [2.75, 3.05) is 39.0 Å². The van der Waals surface area contributed by atoms with E-state index < -0.39 is 10.0 Å². The van der Waals surface area contributed by atoms with Gasteiger partial charge in [-0.2, -0.15) is 4.31 Å². The molecule has 0 bridgehead atoms. The number of nitrogens with one attached hydrogen (secondary N) is 1. The van der Waals surface area contributed by atoms with Crippen molar-refractivity contribution in [3.63, 3.8) is 0 Å². The van der Waals surface area contributed by atoms with E-state index in [9.17, 15) is 8.42 Å². The summed E-state index contributed by atoms with van der Waals surface area (Å²) in [5, 5.41) is 3.32. The number of likely N-dealkylation sites (N-methyl/N-ethyl adjacent to an activating group) is 1. The molecule has 2 rings (SSSR count). The molecule has 0 saturated carbocycles. The summed E-state index contributed by atoms with van der Waals surface area (Å²) in [5.41, 5.74) is 0. The Balaban J connectivity index is 1.97. The first-order chi connectivity index (χ1) is 8.49. The Morgan fingerprint density at radius 2 is 2.06 bits per heavy atom. The van der Waals surface area contributed by atoms with Gasteiger partial charge in [0.05, 0.1) is 5.75 Å². The summed E-state index contributed by atoms with van der Waals surface area (Å²) < 4.78 is 26.6. The molecule has 0 aromatic rings. The number of piperazine rings is 1. The molecular formula is C12H25N3O2S. The monoisotopic (exact) mass is 275 g/mol. The molecule has 6 heteroatoms. The maximum Gasteiger partial charge on any atom is 0.215 e. The third kappa shape index (κ3) is 3.44. The van der Waals surface area contributed by atoms with Crippen LogP contribution in [-0.4, -0.2) is 68.7 Å². The molecule has 0 aliphatic carbocycles. The number of rotatable bonds is 3. The minimum Gasteiger partial charge on any atom is -0.313 e. The smallest absolute Gasteiger partial charge is 0.215 e. The van der Waals surface area contributed by atoms with E-state index in [0.29, 0.717) is 6.54 Å². The van der Waals surface area contributed by atoms with Gasteiger partial charge in [-0.25, -0.2) is 8.42 Å². The van der Waals surface area contributed by atoms with Gasteiger partial charge in [0.1, 0.15) is 0 Å². The molecular weight excluding hydrogens is 250 g/mol. The third-order valence-corrected chi connectivity index (χ3v) is 6.03. The van der Waals surface area contributed by atoms with Gasteiger partial charge in [-0.1, -0.05) is 6.42 Å². The van der Waals surface area contributed by atoms with Crippen LogP contribution in [-0.2, 0) is 10.0 Å². The Morgan fingerprint density at radius 1 is 1.28 bits per heavy atom. The van der Waals surface area contributed by atoms with Crippen LogP contribution in [0.1, 0.15) is 26.2 Å². The molecule has 2 aliphatic heterocycles. The Morgan fingerprint density at radius 3 is 2.67 bits per heavy atom. The van der Waals surface area contributed by atoms with Crippen molar-refractivity contribution in [1.29, 1.82) is 0 Å². The van der Waals surface area contributed by atoms with Gasteiger partial charge in [-0.05, 0) is 33.4 Å². The van der Waals surface area contributed by atoms with Crippen LogP contribution in [0, 0.1) is 0 Å². The zero-order valence-corrected chi connectivity index (χ0v) is 12.2. The highest BCUT2D eigenvalue weighted by atomic mass is 32.2. The Bertz CT molecular complexity index is 366. The average molecular weight is 275 g/mol. The van der Waals surface area contributed by atoms with Crippen molar-refractivity contribution in [1.82, 2.24) is 14.5 Å². The lowest BCUT2D eigenvalue weighted by Crippen LogP contribution is -2.55. The number of sulfonamides is 1. The molecule has 2 atom stereocenters. The van der Waals surface area contributed by atoms with Crippen molar-refractivity contribution >= 4 is 10.0 Å². The molecule has 0 amide bonds. The lowest BCUT2D eigenvalue weighted by molar-refractivity contribution is 0.170. The molecule has 0 aromatic heterocycles. The molecule has 2 aliphatic rings. The number of nitrogens with zero attached hydrogens (tertiary/aromatic N) is 2. The molecule has 2 saturated heterocycles. The van der Waals surface area contributed by atoms with Gasteiger partial charge < -0.3 is 10.2 Å². The van der Waals surface area contributed by atoms with Crippen LogP contribution in [0.15, 0.2) is 0 Å². The minimum atomic E-state index is -3.11. The molecule has 2 fully saturated rings. The summed E-state index contributed by atoms with van der Waals surface area (Å²) in [5.74, 6) is 0.265. The lowest BCUT2D eigenvalue weighted by Gasteiger charge is -2.38. The Kier molecular flexibility index (Phi) is 4.64. The maximum atomic E-state index is 12.4. The van der Waals surface area contributed by atoms with Gasteiger partial charge in [0.15, 0.2) is 0 Å². The Hall–Kier alpha value is -0.170. The third-order valence-electron chi connectivity index (χ3n) is 3.95. The van der Waals surface area contributed by atoms with Gasteiger partial charge in [0, 0.05) is 31.7 Å². The molecule has 18 heavy (non-hydrogen) atoms. The van der Waals surface area contributed by atoms with E-state index in [2.05, 4.69) is 10.2 Å². The second-order valence-electron chi connectivity index (χ2n) is 5.65. The first-order valence-corrected chi connectivity index (χ1v) is 8.51. The van der Waals surface area contributed by atoms with Crippen LogP contribution in [0.2, 0.25) is 0 Å². The van der Waals surface area contributed by atoms with Crippen LogP contribution in [0.3, 0.4) is 0 Å². The standard InChI is InChI=1S/C12H25N3O2S/c1-11-9-14(2)7-8-15(11)18(16,17)10-12-5-3-4-6-13-12/h11-13H,3-10H2,1-2H3. The highest BCUT2D eigenvalue weighted by Crippen LogP contribution is 2.17. The first kappa shape index (κ1) is 14.2. The zero-order valence-electron chi connectivity index (χ0n) is 11.4. The molecule has 5 nitrogen and oxygen atoms in total. The fourth-order valence-electron chi connectivity index (χ4n) is 2.95. The predicted octanol–water partition coefficient (Wildman–Crippen LogP) is 0.0942. The summed E-state index contributed by atoms with van der Waals surface area (Å²) in [6, 6.07) is 0.243. The summed E-state index contributed by atoms with van der Waals surface area (Å²) in [6.07, 6.45) is 3.30. The molecule has 2 heterocycles. The van der Waals surface area contributed by atoms with Gasteiger partial charge in [0.2, 0.25) is 10.0 Å². The van der Waals surface area contributed by atoms with Crippen molar-refractivity contribution in [3.8, 4) is 0 Å².